The van der Waals surface area contributed by atoms with E-state index >= 15 is 0 Å². The van der Waals surface area contributed by atoms with Gasteiger partial charge in [-0.25, -0.2) is 4.98 Å². The number of hydrogen-bond donors (Lipinski definition) is 2. The molecule has 1 saturated heterocycles. The molecule has 1 unspecified atom stereocenters. The topological polar surface area (TPSA) is 53.3 Å². The maximum absolute atomic E-state index is 9.24. The van der Waals surface area contributed by atoms with E-state index in [4.69, 9.17) is 0 Å². The van der Waals surface area contributed by atoms with Crippen LogP contribution in [0.25, 0.3) is 11.0 Å². The van der Waals surface area contributed by atoms with Gasteiger partial charge in [0.2, 0.25) is 5.95 Å². The average Bonchev–Trinajstić information content (AvgIpc) is 2.96. The zero-order valence-electron chi connectivity index (χ0n) is 11.2. The van der Waals surface area contributed by atoms with Gasteiger partial charge in [0.05, 0.1) is 17.6 Å². The van der Waals surface area contributed by atoms with Crippen LogP contribution in [0, 0.1) is 0 Å². The lowest BCUT2D eigenvalue weighted by molar-refractivity contribution is 0.278. The number of likely N-dealkylation sites (tertiary alicyclic amines) is 1. The Morgan fingerprint density at radius 2 is 2.26 bits per heavy atom. The van der Waals surface area contributed by atoms with Crippen molar-refractivity contribution in [1.82, 2.24) is 14.5 Å². The van der Waals surface area contributed by atoms with Gasteiger partial charge in [0.25, 0.3) is 0 Å². The molecule has 5 heteroatoms. The maximum Gasteiger partial charge on any atom is 0.204 e. The fourth-order valence-corrected chi connectivity index (χ4v) is 2.75. The fourth-order valence-electron chi connectivity index (χ4n) is 2.75. The fraction of sp³-hybridized carbons (Fsp3) is 0.500. The zero-order valence-corrected chi connectivity index (χ0v) is 11.2. The molecule has 1 aromatic heterocycles. The average molecular weight is 260 g/mol. The first kappa shape index (κ1) is 12.4. The molecule has 0 radical (unpaired) electrons. The molecule has 3 rings (SSSR count). The summed E-state index contributed by atoms with van der Waals surface area (Å²) >= 11 is 0. The molecule has 102 valence electrons. The Morgan fingerprint density at radius 3 is 3.00 bits per heavy atom. The lowest BCUT2D eigenvalue weighted by Gasteiger charge is -2.15. The van der Waals surface area contributed by atoms with E-state index in [1.165, 1.54) is 0 Å². The number of anilines is 1. The van der Waals surface area contributed by atoms with Crippen molar-refractivity contribution in [2.24, 2.45) is 0 Å². The number of fused-ring (bicyclic) bond motifs is 1. The van der Waals surface area contributed by atoms with Gasteiger partial charge in [0.1, 0.15) is 0 Å². The predicted molar refractivity (Wildman–Crippen MR) is 76.3 cm³/mol. The zero-order chi connectivity index (χ0) is 13.2. The lowest BCUT2D eigenvalue weighted by Crippen LogP contribution is -2.25. The molecule has 5 nitrogen and oxygen atoms in total. The smallest absolute Gasteiger partial charge is 0.204 e. The second-order valence-electron chi connectivity index (χ2n) is 5.19. The summed E-state index contributed by atoms with van der Waals surface area (Å²) in [5, 5.41) is 12.8. The van der Waals surface area contributed by atoms with Gasteiger partial charge < -0.3 is 19.9 Å². The summed E-state index contributed by atoms with van der Waals surface area (Å²) in [6.45, 7) is 2.87. The minimum Gasteiger partial charge on any atom is -0.395 e. The van der Waals surface area contributed by atoms with Gasteiger partial charge in [0.15, 0.2) is 0 Å². The van der Waals surface area contributed by atoms with Crippen molar-refractivity contribution >= 4 is 17.0 Å². The molecule has 1 aliphatic heterocycles. The lowest BCUT2D eigenvalue weighted by atomic mass is 10.3. The Kier molecular flexibility index (Phi) is 3.40. The van der Waals surface area contributed by atoms with Crippen LogP contribution in [-0.4, -0.2) is 52.3 Å². The summed E-state index contributed by atoms with van der Waals surface area (Å²) < 4.78 is 2.06. The quantitative estimate of drug-likeness (QED) is 0.866. The van der Waals surface area contributed by atoms with Crippen molar-refractivity contribution in [3.63, 3.8) is 0 Å². The molecular formula is C14H20N4O. The SMILES string of the molecule is CN1CCC(Nc2nc3ccccc3n2CCO)C1. The third kappa shape index (κ3) is 2.43. The molecule has 2 aromatic rings. The monoisotopic (exact) mass is 260 g/mol. The van der Waals surface area contributed by atoms with Crippen molar-refractivity contribution in [3.05, 3.63) is 24.3 Å². The number of para-hydroxylation sites is 2. The highest BCUT2D eigenvalue weighted by Gasteiger charge is 2.21. The van der Waals surface area contributed by atoms with Gasteiger partial charge in [-0.15, -0.1) is 0 Å². The molecular weight excluding hydrogens is 240 g/mol. The van der Waals surface area contributed by atoms with Crippen molar-refractivity contribution < 1.29 is 5.11 Å². The normalized spacial score (nSPS) is 20.2. The standard InChI is InChI=1S/C14H20N4O/c1-17-7-6-11(10-17)15-14-16-12-4-2-3-5-13(12)18(14)8-9-19/h2-5,11,19H,6-10H2,1H3,(H,15,16). The van der Waals surface area contributed by atoms with Crippen molar-refractivity contribution in [1.29, 1.82) is 0 Å². The third-order valence-electron chi connectivity index (χ3n) is 3.70. The molecule has 0 spiro atoms. The van der Waals surface area contributed by atoms with E-state index in [2.05, 4.69) is 26.8 Å². The third-order valence-corrected chi connectivity index (χ3v) is 3.70. The molecule has 2 N–H and O–H groups in total. The van der Waals surface area contributed by atoms with Gasteiger partial charge in [-0.05, 0) is 32.1 Å². The Hall–Kier alpha value is -1.59. The predicted octanol–water partition coefficient (Wildman–Crippen LogP) is 1.14. The van der Waals surface area contributed by atoms with Crippen LogP contribution in [-0.2, 0) is 6.54 Å². The number of imidazole rings is 1. The highest BCUT2D eigenvalue weighted by Crippen LogP contribution is 2.21. The van der Waals surface area contributed by atoms with Crippen molar-refractivity contribution in [2.45, 2.75) is 19.0 Å². The number of aliphatic hydroxyl groups is 1. The van der Waals surface area contributed by atoms with E-state index in [9.17, 15) is 5.11 Å². The van der Waals surface area contributed by atoms with E-state index < -0.39 is 0 Å². The van der Waals surface area contributed by atoms with E-state index in [0.717, 1.165) is 36.5 Å². The Bertz CT molecular complexity index is 566. The molecule has 1 fully saturated rings. The highest BCUT2D eigenvalue weighted by molar-refractivity contribution is 5.78. The molecule has 1 aliphatic rings. The number of hydrogen-bond acceptors (Lipinski definition) is 4. The molecule has 1 aromatic carbocycles. The Morgan fingerprint density at radius 1 is 1.42 bits per heavy atom. The minimum atomic E-state index is 0.125. The molecule has 19 heavy (non-hydrogen) atoms. The molecule has 2 heterocycles. The number of nitrogens with one attached hydrogen (secondary N) is 1. The summed E-state index contributed by atoms with van der Waals surface area (Å²) in [5.74, 6) is 0.871. The van der Waals surface area contributed by atoms with Crippen LogP contribution in [0.15, 0.2) is 24.3 Å². The highest BCUT2D eigenvalue weighted by atomic mass is 16.3. The number of aromatic nitrogens is 2. The first-order valence-electron chi connectivity index (χ1n) is 6.79. The van der Waals surface area contributed by atoms with Gasteiger partial charge in [0, 0.05) is 19.1 Å². The van der Waals surface area contributed by atoms with Gasteiger partial charge in [-0.3, -0.25) is 0 Å². The van der Waals surface area contributed by atoms with Crippen molar-refractivity contribution in [3.8, 4) is 0 Å². The number of benzene rings is 1. The number of aliphatic hydroxyl groups excluding tert-OH is 1. The number of likely N-dealkylation sites (N-methyl/N-ethyl adjacent to an activating group) is 1. The van der Waals surface area contributed by atoms with Crippen LogP contribution in [0.1, 0.15) is 6.42 Å². The van der Waals surface area contributed by atoms with Crippen LogP contribution in [0.2, 0.25) is 0 Å². The first-order valence-corrected chi connectivity index (χ1v) is 6.79. The molecule has 0 amide bonds. The summed E-state index contributed by atoms with van der Waals surface area (Å²) in [4.78, 5) is 6.96. The molecule has 0 bridgehead atoms. The number of rotatable bonds is 4. The Labute approximate surface area is 112 Å². The first-order chi connectivity index (χ1) is 9.28. The van der Waals surface area contributed by atoms with Crippen molar-refractivity contribution in [2.75, 3.05) is 32.1 Å². The largest absolute Gasteiger partial charge is 0.395 e. The summed E-state index contributed by atoms with van der Waals surface area (Å²) in [6, 6.07) is 8.50. The van der Waals surface area contributed by atoms with E-state index in [0.29, 0.717) is 12.6 Å². The van der Waals surface area contributed by atoms with E-state index in [-0.39, 0.29) is 6.61 Å². The Balaban J connectivity index is 1.90. The summed E-state index contributed by atoms with van der Waals surface area (Å²) in [6.07, 6.45) is 1.14. The molecule has 0 saturated carbocycles. The van der Waals surface area contributed by atoms with Crippen LogP contribution < -0.4 is 5.32 Å². The van der Waals surface area contributed by atoms with E-state index in [1.54, 1.807) is 0 Å². The van der Waals surface area contributed by atoms with Crippen LogP contribution in [0.5, 0.6) is 0 Å². The van der Waals surface area contributed by atoms with Crippen LogP contribution in [0.4, 0.5) is 5.95 Å². The molecule has 0 aliphatic carbocycles. The number of nitrogens with zero attached hydrogens (tertiary/aromatic N) is 3. The van der Waals surface area contributed by atoms with Crippen LogP contribution in [0.3, 0.4) is 0 Å². The van der Waals surface area contributed by atoms with Crippen LogP contribution >= 0.6 is 0 Å². The van der Waals surface area contributed by atoms with Gasteiger partial charge >= 0.3 is 0 Å². The summed E-state index contributed by atoms with van der Waals surface area (Å²) in [7, 11) is 2.14. The van der Waals surface area contributed by atoms with Gasteiger partial charge in [-0.2, -0.15) is 0 Å². The van der Waals surface area contributed by atoms with E-state index in [1.807, 2.05) is 24.3 Å². The second kappa shape index (κ2) is 5.19. The maximum atomic E-state index is 9.24. The van der Waals surface area contributed by atoms with Gasteiger partial charge in [-0.1, -0.05) is 12.1 Å². The summed E-state index contributed by atoms with van der Waals surface area (Å²) in [5.41, 5.74) is 2.05. The minimum absolute atomic E-state index is 0.125. The second-order valence-corrected chi connectivity index (χ2v) is 5.19. The molecule has 1 atom stereocenters.